The van der Waals surface area contributed by atoms with Gasteiger partial charge in [-0.1, -0.05) is 24.3 Å². The number of nitro benzene ring substituents is 1. The molecule has 1 heterocycles. The lowest BCUT2D eigenvalue weighted by Gasteiger charge is -2.27. The van der Waals surface area contributed by atoms with Crippen molar-refractivity contribution >= 4 is 11.6 Å². The van der Waals surface area contributed by atoms with Crippen LogP contribution in [0.3, 0.4) is 0 Å². The molecule has 1 fully saturated rings. The lowest BCUT2D eigenvalue weighted by Crippen LogP contribution is -2.37. The molecule has 1 saturated heterocycles. The molecule has 1 unspecified atom stereocenters. The Morgan fingerprint density at radius 3 is 2.75 bits per heavy atom. The van der Waals surface area contributed by atoms with E-state index in [9.17, 15) is 14.9 Å². The van der Waals surface area contributed by atoms with Gasteiger partial charge in [-0.2, -0.15) is 0 Å². The molecular formula is C21H24N2O5. The van der Waals surface area contributed by atoms with Crippen molar-refractivity contribution < 1.29 is 19.2 Å². The number of carbonyl (C=O) groups excluding carboxylic acids is 1. The van der Waals surface area contributed by atoms with Gasteiger partial charge >= 0.3 is 0 Å². The zero-order chi connectivity index (χ0) is 20.1. The quantitative estimate of drug-likeness (QED) is 0.537. The highest BCUT2D eigenvalue weighted by molar-refractivity contribution is 5.96. The third-order valence-electron chi connectivity index (χ3n) is 5.02. The molecule has 3 rings (SSSR count). The van der Waals surface area contributed by atoms with Crippen molar-refractivity contribution in [2.75, 3.05) is 20.3 Å². The summed E-state index contributed by atoms with van der Waals surface area (Å²) in [6.07, 6.45) is 1.83. The number of amides is 1. The predicted octanol–water partition coefficient (Wildman–Crippen LogP) is 3.73. The van der Waals surface area contributed by atoms with Crippen LogP contribution >= 0.6 is 0 Å². The molecule has 0 spiro atoms. The molecule has 0 saturated carbocycles. The van der Waals surface area contributed by atoms with Gasteiger partial charge in [-0.3, -0.25) is 14.9 Å². The molecule has 1 atom stereocenters. The second kappa shape index (κ2) is 8.84. The molecule has 1 amide bonds. The molecule has 0 radical (unpaired) electrons. The Morgan fingerprint density at radius 1 is 1.29 bits per heavy atom. The van der Waals surface area contributed by atoms with Crippen LogP contribution in [-0.2, 0) is 11.3 Å². The normalized spacial score (nSPS) is 16.0. The summed E-state index contributed by atoms with van der Waals surface area (Å²) in [5, 5.41) is 11.3. The smallest absolute Gasteiger partial charge is 0.273 e. The second-order valence-corrected chi connectivity index (χ2v) is 6.84. The van der Waals surface area contributed by atoms with Crippen molar-refractivity contribution in [2.45, 2.75) is 32.4 Å². The van der Waals surface area contributed by atoms with E-state index in [1.807, 2.05) is 24.3 Å². The number of carbonyl (C=O) groups is 1. The fourth-order valence-electron chi connectivity index (χ4n) is 3.52. The minimum Gasteiger partial charge on any atom is -0.496 e. The SMILES string of the molecule is COc1ccccc1CN(CC1CCCO1)C(=O)c1cccc([N+](=O)[O-])c1C. The van der Waals surface area contributed by atoms with Crippen LogP contribution in [0.2, 0.25) is 0 Å². The summed E-state index contributed by atoms with van der Waals surface area (Å²) < 4.78 is 11.1. The van der Waals surface area contributed by atoms with Crippen molar-refractivity contribution in [2.24, 2.45) is 0 Å². The second-order valence-electron chi connectivity index (χ2n) is 6.84. The highest BCUT2D eigenvalue weighted by Gasteiger charge is 2.27. The van der Waals surface area contributed by atoms with Crippen molar-refractivity contribution in [3.05, 3.63) is 69.3 Å². The van der Waals surface area contributed by atoms with Gasteiger partial charge in [0.2, 0.25) is 0 Å². The van der Waals surface area contributed by atoms with Crippen molar-refractivity contribution in [1.29, 1.82) is 0 Å². The van der Waals surface area contributed by atoms with Gasteiger partial charge < -0.3 is 14.4 Å². The van der Waals surface area contributed by atoms with Gasteiger partial charge in [0.1, 0.15) is 5.75 Å². The topological polar surface area (TPSA) is 81.9 Å². The van der Waals surface area contributed by atoms with Crippen LogP contribution in [-0.4, -0.2) is 42.1 Å². The van der Waals surface area contributed by atoms with Gasteiger partial charge in [0.15, 0.2) is 0 Å². The Balaban J connectivity index is 1.93. The zero-order valence-electron chi connectivity index (χ0n) is 16.1. The van der Waals surface area contributed by atoms with Crippen molar-refractivity contribution in [3.63, 3.8) is 0 Å². The van der Waals surface area contributed by atoms with E-state index in [1.54, 1.807) is 31.1 Å². The minimum absolute atomic E-state index is 0.0299. The van der Waals surface area contributed by atoms with Gasteiger partial charge in [0.25, 0.3) is 11.6 Å². The Hall–Kier alpha value is -2.93. The third kappa shape index (κ3) is 4.31. The lowest BCUT2D eigenvalue weighted by atomic mass is 10.0. The zero-order valence-corrected chi connectivity index (χ0v) is 16.1. The highest BCUT2D eigenvalue weighted by atomic mass is 16.6. The Morgan fingerprint density at radius 2 is 2.07 bits per heavy atom. The van der Waals surface area contributed by atoms with Crippen LogP contribution in [0.4, 0.5) is 5.69 Å². The summed E-state index contributed by atoms with van der Waals surface area (Å²) >= 11 is 0. The van der Waals surface area contributed by atoms with Crippen LogP contribution < -0.4 is 4.74 Å². The molecule has 148 valence electrons. The van der Waals surface area contributed by atoms with E-state index in [4.69, 9.17) is 9.47 Å². The summed E-state index contributed by atoms with van der Waals surface area (Å²) in [5.74, 6) is 0.450. The number of hydrogen-bond acceptors (Lipinski definition) is 5. The molecule has 0 aromatic heterocycles. The average Bonchev–Trinajstić information content (AvgIpc) is 3.20. The first kappa shape index (κ1) is 19.8. The standard InChI is InChI=1S/C21H24N2O5/c1-15-18(9-5-10-19(15)23(25)26)21(24)22(14-17-8-6-12-28-17)13-16-7-3-4-11-20(16)27-2/h3-5,7,9-11,17H,6,8,12-14H2,1-2H3. The molecule has 2 aromatic rings. The summed E-state index contributed by atoms with van der Waals surface area (Å²) in [5.41, 5.74) is 1.52. The first-order chi connectivity index (χ1) is 13.5. The first-order valence-electron chi connectivity index (χ1n) is 9.28. The number of benzene rings is 2. The number of ether oxygens (including phenoxy) is 2. The Bertz CT molecular complexity index is 862. The van der Waals surface area contributed by atoms with Gasteiger partial charge in [-0.25, -0.2) is 0 Å². The fraction of sp³-hybridized carbons (Fsp3) is 0.381. The molecule has 0 N–H and O–H groups in total. The third-order valence-corrected chi connectivity index (χ3v) is 5.02. The van der Waals surface area contributed by atoms with E-state index >= 15 is 0 Å². The Labute approximate surface area is 164 Å². The molecule has 2 aromatic carbocycles. The molecule has 28 heavy (non-hydrogen) atoms. The van der Waals surface area contributed by atoms with Crippen LogP contribution in [0.15, 0.2) is 42.5 Å². The lowest BCUT2D eigenvalue weighted by molar-refractivity contribution is -0.385. The van der Waals surface area contributed by atoms with E-state index in [-0.39, 0.29) is 17.7 Å². The molecule has 7 nitrogen and oxygen atoms in total. The Kier molecular flexibility index (Phi) is 6.26. The predicted molar refractivity (Wildman–Crippen MR) is 105 cm³/mol. The molecule has 1 aliphatic heterocycles. The van der Waals surface area contributed by atoms with Gasteiger partial charge in [0, 0.05) is 42.5 Å². The average molecular weight is 384 g/mol. The number of rotatable bonds is 7. The number of nitrogens with zero attached hydrogens (tertiary/aromatic N) is 2. The van der Waals surface area contributed by atoms with Crippen LogP contribution in [0, 0.1) is 17.0 Å². The molecular weight excluding hydrogens is 360 g/mol. The summed E-state index contributed by atoms with van der Waals surface area (Å²) in [7, 11) is 1.59. The van der Waals surface area contributed by atoms with Crippen molar-refractivity contribution in [1.82, 2.24) is 4.90 Å². The molecule has 0 aliphatic carbocycles. The van der Waals surface area contributed by atoms with E-state index in [1.165, 1.54) is 6.07 Å². The van der Waals surface area contributed by atoms with Gasteiger partial charge in [-0.05, 0) is 31.9 Å². The largest absolute Gasteiger partial charge is 0.496 e. The van der Waals surface area contributed by atoms with E-state index < -0.39 is 4.92 Å². The number of hydrogen-bond donors (Lipinski definition) is 0. The van der Waals surface area contributed by atoms with Gasteiger partial charge in [-0.15, -0.1) is 0 Å². The van der Waals surface area contributed by atoms with Crippen LogP contribution in [0.25, 0.3) is 0 Å². The van der Waals surface area contributed by atoms with Crippen LogP contribution in [0.1, 0.15) is 34.3 Å². The maximum absolute atomic E-state index is 13.3. The molecule has 7 heteroatoms. The van der Waals surface area contributed by atoms with Gasteiger partial charge in [0.05, 0.1) is 18.1 Å². The summed E-state index contributed by atoms with van der Waals surface area (Å²) in [6.45, 7) is 3.07. The van der Waals surface area contributed by atoms with E-state index in [0.717, 1.165) is 18.4 Å². The number of methoxy groups -OCH3 is 1. The summed E-state index contributed by atoms with van der Waals surface area (Å²) in [6, 6.07) is 12.1. The van der Waals surface area contributed by atoms with Crippen LogP contribution in [0.5, 0.6) is 5.75 Å². The maximum atomic E-state index is 13.3. The fourth-order valence-corrected chi connectivity index (χ4v) is 3.52. The highest BCUT2D eigenvalue weighted by Crippen LogP contribution is 2.26. The first-order valence-corrected chi connectivity index (χ1v) is 9.28. The van der Waals surface area contributed by atoms with E-state index in [0.29, 0.717) is 36.6 Å². The number of nitro groups is 1. The number of para-hydroxylation sites is 1. The monoisotopic (exact) mass is 384 g/mol. The maximum Gasteiger partial charge on any atom is 0.273 e. The molecule has 1 aliphatic rings. The summed E-state index contributed by atoms with van der Waals surface area (Å²) in [4.78, 5) is 25.8. The van der Waals surface area contributed by atoms with E-state index in [2.05, 4.69) is 0 Å². The van der Waals surface area contributed by atoms with Crippen molar-refractivity contribution in [3.8, 4) is 5.75 Å². The molecule has 0 bridgehead atoms. The minimum atomic E-state index is -0.462.